The van der Waals surface area contributed by atoms with Gasteiger partial charge in [-0.2, -0.15) is 0 Å². The Balaban J connectivity index is 2.72. The second kappa shape index (κ2) is 6.23. The molecular weight excluding hydrogens is 217 g/mol. The number of halogens is 1. The van der Waals surface area contributed by atoms with Crippen molar-refractivity contribution in [2.24, 2.45) is 0 Å². The quantitative estimate of drug-likeness (QED) is 0.395. The van der Waals surface area contributed by atoms with Crippen LogP contribution in [0.5, 0.6) is 0 Å². The SMILES string of the molecule is CCCCC[CH]([Zn])Br. The van der Waals surface area contributed by atoms with E-state index in [0.29, 0.717) is 0 Å². The maximum atomic E-state index is 3.56. The fourth-order valence-electron chi connectivity index (χ4n) is 0.616. The summed E-state index contributed by atoms with van der Waals surface area (Å²) in [6.07, 6.45) is 5.54. The third kappa shape index (κ3) is 7.10. The van der Waals surface area contributed by atoms with Crippen molar-refractivity contribution < 1.29 is 18.3 Å². The van der Waals surface area contributed by atoms with Crippen molar-refractivity contribution in [1.82, 2.24) is 0 Å². The molecule has 1 atom stereocenters. The molecule has 0 radical (unpaired) electrons. The minimum atomic E-state index is 0.842. The first kappa shape index (κ1) is 9.10. The molecular formula is C6H12BrZn. The zero-order chi connectivity index (χ0) is 6.41. The van der Waals surface area contributed by atoms with E-state index in [4.69, 9.17) is 0 Å². The van der Waals surface area contributed by atoms with Crippen LogP contribution in [0.3, 0.4) is 0 Å². The first-order chi connectivity index (χ1) is 3.77. The number of alkyl halides is 1. The van der Waals surface area contributed by atoms with Crippen LogP contribution in [0.25, 0.3) is 0 Å². The average Bonchev–Trinajstić information content (AvgIpc) is 1.66. The maximum absolute atomic E-state index is 3.56. The summed E-state index contributed by atoms with van der Waals surface area (Å²) in [4.78, 5) is 0. The number of hydrogen-bond donors (Lipinski definition) is 0. The summed E-state index contributed by atoms with van der Waals surface area (Å²) in [6, 6.07) is 0. The Labute approximate surface area is 70.2 Å². The molecule has 0 saturated carbocycles. The van der Waals surface area contributed by atoms with Crippen LogP contribution < -0.4 is 0 Å². The van der Waals surface area contributed by atoms with Crippen molar-refractivity contribution in [2.75, 3.05) is 0 Å². The molecule has 0 saturated heterocycles. The molecule has 0 heterocycles. The molecule has 0 N–H and O–H groups in total. The van der Waals surface area contributed by atoms with Crippen LogP contribution in [0.4, 0.5) is 0 Å². The van der Waals surface area contributed by atoms with Gasteiger partial charge in [0.2, 0.25) is 0 Å². The summed E-state index contributed by atoms with van der Waals surface area (Å²) < 4.78 is 0.842. The first-order valence-corrected chi connectivity index (χ1v) is 5.87. The van der Waals surface area contributed by atoms with E-state index in [2.05, 4.69) is 22.9 Å². The molecule has 0 rings (SSSR count). The standard InChI is InChI=1S/C6H12Br.Zn/c1-2-3-4-5-6-7;/h6H,2-5H2,1H3;. The average molecular weight is 229 g/mol. The molecule has 0 nitrogen and oxygen atoms in total. The molecule has 0 spiro atoms. The van der Waals surface area contributed by atoms with Crippen LogP contribution >= 0.6 is 15.9 Å². The molecule has 45 valence electrons. The Hall–Kier alpha value is 1.10. The van der Waals surface area contributed by atoms with E-state index >= 15 is 0 Å². The van der Waals surface area contributed by atoms with Gasteiger partial charge in [-0.1, -0.05) is 0 Å². The zero-order valence-electron chi connectivity index (χ0n) is 5.49. The van der Waals surface area contributed by atoms with Crippen LogP contribution in [0, 0.1) is 0 Å². The summed E-state index contributed by atoms with van der Waals surface area (Å²) in [7, 11) is 0. The molecule has 0 aromatic rings. The molecule has 0 aromatic carbocycles. The number of rotatable bonds is 4. The van der Waals surface area contributed by atoms with E-state index in [-0.39, 0.29) is 0 Å². The van der Waals surface area contributed by atoms with Gasteiger partial charge in [0.1, 0.15) is 0 Å². The van der Waals surface area contributed by atoms with E-state index in [1.54, 1.807) is 0 Å². The molecule has 0 bridgehead atoms. The molecule has 0 aliphatic carbocycles. The fourth-order valence-corrected chi connectivity index (χ4v) is 1.55. The minimum absolute atomic E-state index is 0.842. The van der Waals surface area contributed by atoms with Gasteiger partial charge < -0.3 is 0 Å². The van der Waals surface area contributed by atoms with Crippen LogP contribution in [0.2, 0.25) is 0 Å². The number of hydrogen-bond acceptors (Lipinski definition) is 0. The molecule has 0 fully saturated rings. The van der Waals surface area contributed by atoms with E-state index in [9.17, 15) is 0 Å². The van der Waals surface area contributed by atoms with E-state index in [1.165, 1.54) is 44.0 Å². The predicted molar refractivity (Wildman–Crippen MR) is 36.9 cm³/mol. The second-order valence-electron chi connectivity index (χ2n) is 2.09. The Morgan fingerprint density at radius 3 is 2.50 bits per heavy atom. The van der Waals surface area contributed by atoms with Crippen molar-refractivity contribution in [1.29, 1.82) is 0 Å². The van der Waals surface area contributed by atoms with Crippen LogP contribution in [-0.4, -0.2) is 3.42 Å². The third-order valence-corrected chi connectivity index (χ3v) is 2.44. The van der Waals surface area contributed by atoms with Crippen LogP contribution in [0.1, 0.15) is 32.6 Å². The second-order valence-corrected chi connectivity index (χ2v) is 7.96. The van der Waals surface area contributed by atoms with E-state index in [1.807, 2.05) is 0 Å². The predicted octanol–water partition coefficient (Wildman–Crippen LogP) is 2.83. The van der Waals surface area contributed by atoms with E-state index in [0.717, 1.165) is 3.42 Å². The van der Waals surface area contributed by atoms with Gasteiger partial charge in [0.25, 0.3) is 0 Å². The van der Waals surface area contributed by atoms with Gasteiger partial charge in [0.15, 0.2) is 0 Å². The van der Waals surface area contributed by atoms with Crippen molar-refractivity contribution in [3.8, 4) is 0 Å². The van der Waals surface area contributed by atoms with Gasteiger partial charge in [0.05, 0.1) is 0 Å². The molecule has 1 unspecified atom stereocenters. The van der Waals surface area contributed by atoms with Gasteiger partial charge in [-0.15, -0.1) is 0 Å². The van der Waals surface area contributed by atoms with Gasteiger partial charge in [-0.3, -0.25) is 0 Å². The Morgan fingerprint density at radius 1 is 1.50 bits per heavy atom. The van der Waals surface area contributed by atoms with Gasteiger partial charge in [-0.05, 0) is 0 Å². The summed E-state index contributed by atoms with van der Waals surface area (Å²) >= 11 is 4.95. The van der Waals surface area contributed by atoms with Crippen molar-refractivity contribution in [3.63, 3.8) is 0 Å². The van der Waals surface area contributed by atoms with Gasteiger partial charge in [0, 0.05) is 0 Å². The van der Waals surface area contributed by atoms with Gasteiger partial charge in [-0.25, -0.2) is 0 Å². The Morgan fingerprint density at radius 2 is 2.12 bits per heavy atom. The molecule has 0 aliphatic rings. The molecule has 0 aromatic heterocycles. The van der Waals surface area contributed by atoms with Crippen LogP contribution in [0.15, 0.2) is 0 Å². The van der Waals surface area contributed by atoms with Crippen molar-refractivity contribution in [2.45, 2.75) is 36.0 Å². The van der Waals surface area contributed by atoms with Crippen molar-refractivity contribution >= 4 is 15.9 Å². The molecule has 2 heteroatoms. The summed E-state index contributed by atoms with van der Waals surface area (Å²) in [5, 5.41) is 0. The topological polar surface area (TPSA) is 0 Å². The number of unbranched alkanes of at least 4 members (excludes halogenated alkanes) is 2. The van der Waals surface area contributed by atoms with Crippen molar-refractivity contribution in [3.05, 3.63) is 0 Å². The molecule has 0 amide bonds. The Bertz CT molecular complexity index is 45.8. The summed E-state index contributed by atoms with van der Waals surface area (Å²) in [5.74, 6) is 0. The molecule has 0 aliphatic heterocycles. The first-order valence-electron chi connectivity index (χ1n) is 3.24. The third-order valence-electron chi connectivity index (χ3n) is 1.12. The Kier molecular flexibility index (Phi) is 7.09. The molecule has 8 heavy (non-hydrogen) atoms. The van der Waals surface area contributed by atoms with Crippen LogP contribution in [-0.2, 0) is 18.3 Å². The zero-order valence-corrected chi connectivity index (χ0v) is 10.0. The monoisotopic (exact) mass is 227 g/mol. The summed E-state index contributed by atoms with van der Waals surface area (Å²) in [5.41, 5.74) is 0. The van der Waals surface area contributed by atoms with Gasteiger partial charge >= 0.3 is 70.3 Å². The fraction of sp³-hybridized carbons (Fsp3) is 1.00. The summed E-state index contributed by atoms with van der Waals surface area (Å²) in [6.45, 7) is 2.25. The van der Waals surface area contributed by atoms with E-state index < -0.39 is 0 Å². The normalized spacial score (nSPS) is 14.0.